The molecule has 0 aromatic rings. The Morgan fingerprint density at radius 3 is 1.07 bits per heavy atom. The number of thiocarbonyl (C=S) groups is 1. The molecule has 30 heavy (non-hydrogen) atoms. The van der Waals surface area contributed by atoms with Crippen LogP contribution < -0.4 is 10.6 Å². The van der Waals surface area contributed by atoms with Crippen molar-refractivity contribution in [2.75, 3.05) is 52.7 Å². The van der Waals surface area contributed by atoms with Crippen LogP contribution in [0, 0.1) is 0 Å². The van der Waals surface area contributed by atoms with Crippen LogP contribution in [0.2, 0.25) is 12.1 Å². The first-order chi connectivity index (χ1) is 14.5. The summed E-state index contributed by atoms with van der Waals surface area (Å²) in [7, 11) is -5.17. The highest BCUT2D eigenvalue weighted by Crippen LogP contribution is 2.18. The maximum atomic E-state index is 5.87. The van der Waals surface area contributed by atoms with Crippen molar-refractivity contribution in [3.8, 4) is 0 Å². The van der Waals surface area contributed by atoms with Crippen LogP contribution in [-0.4, -0.2) is 75.5 Å². The Hall–Kier alpha value is -0.116. The second-order valence-electron chi connectivity index (χ2n) is 6.35. The van der Waals surface area contributed by atoms with Crippen molar-refractivity contribution in [1.82, 2.24) is 10.6 Å². The Labute approximate surface area is 191 Å². The van der Waals surface area contributed by atoms with Crippen LogP contribution in [0.3, 0.4) is 0 Å². The maximum absolute atomic E-state index is 5.87. The average Bonchev–Trinajstić information content (AvgIpc) is 2.70. The van der Waals surface area contributed by atoms with Gasteiger partial charge in [0.15, 0.2) is 5.11 Å². The first kappa shape index (κ1) is 29.9. The Balaban J connectivity index is 4.27. The molecule has 11 heteroatoms. The van der Waals surface area contributed by atoms with Gasteiger partial charge in [0.1, 0.15) is 0 Å². The third-order valence-corrected chi connectivity index (χ3v) is 10.7. The second kappa shape index (κ2) is 18.5. The zero-order valence-electron chi connectivity index (χ0n) is 19.8. The topological polar surface area (TPSA) is 79.4 Å². The highest BCUT2D eigenvalue weighted by molar-refractivity contribution is 7.80. The molecule has 0 saturated heterocycles. The van der Waals surface area contributed by atoms with Gasteiger partial charge in [-0.3, -0.25) is 0 Å². The zero-order valence-corrected chi connectivity index (χ0v) is 22.7. The Bertz CT molecular complexity index is 368. The van der Waals surface area contributed by atoms with Crippen LogP contribution in [0.4, 0.5) is 0 Å². The van der Waals surface area contributed by atoms with Gasteiger partial charge in [0.05, 0.1) is 0 Å². The fraction of sp³-hybridized carbons (Fsp3) is 0.947. The molecule has 0 aliphatic carbocycles. The summed E-state index contributed by atoms with van der Waals surface area (Å²) < 4.78 is 35.2. The number of rotatable bonds is 20. The summed E-state index contributed by atoms with van der Waals surface area (Å²) >= 11 is 5.39. The lowest BCUT2D eigenvalue weighted by atomic mass is 10.5. The molecule has 0 amide bonds. The molecule has 0 heterocycles. The normalized spacial score (nSPS) is 12.2. The minimum absolute atomic E-state index is 0.593. The quantitative estimate of drug-likeness (QED) is 0.154. The van der Waals surface area contributed by atoms with Gasteiger partial charge in [-0.15, -0.1) is 0 Å². The number of hydrogen-bond acceptors (Lipinski definition) is 7. The van der Waals surface area contributed by atoms with Gasteiger partial charge < -0.3 is 37.2 Å². The maximum Gasteiger partial charge on any atom is 0.500 e. The number of nitrogens with one attached hydrogen (secondary N) is 2. The third-order valence-electron chi connectivity index (χ3n) is 4.08. The van der Waals surface area contributed by atoms with E-state index < -0.39 is 17.6 Å². The summed E-state index contributed by atoms with van der Waals surface area (Å²) in [6.45, 7) is 16.9. The van der Waals surface area contributed by atoms with Crippen molar-refractivity contribution in [1.29, 1.82) is 0 Å². The molecule has 8 nitrogen and oxygen atoms in total. The molecule has 0 radical (unpaired) electrons. The summed E-state index contributed by atoms with van der Waals surface area (Å²) in [4.78, 5) is 0. The predicted octanol–water partition coefficient (Wildman–Crippen LogP) is 3.33. The van der Waals surface area contributed by atoms with Gasteiger partial charge in [-0.1, -0.05) is 0 Å². The molecule has 0 rings (SSSR count). The molecule has 0 saturated carbocycles. The molecule has 0 atom stereocenters. The lowest BCUT2D eigenvalue weighted by Crippen LogP contribution is -2.47. The van der Waals surface area contributed by atoms with E-state index in [9.17, 15) is 0 Å². The summed E-state index contributed by atoms with van der Waals surface area (Å²) in [5, 5.41) is 7.14. The second-order valence-corrected chi connectivity index (χ2v) is 12.2. The highest BCUT2D eigenvalue weighted by atomic mass is 32.1. The van der Waals surface area contributed by atoms with Gasteiger partial charge in [0.25, 0.3) is 0 Å². The molecule has 0 aromatic heterocycles. The van der Waals surface area contributed by atoms with Crippen LogP contribution in [0.15, 0.2) is 0 Å². The van der Waals surface area contributed by atoms with Crippen molar-refractivity contribution < 1.29 is 26.6 Å². The van der Waals surface area contributed by atoms with Gasteiger partial charge in [-0.2, -0.15) is 0 Å². The monoisotopic (exact) mass is 484 g/mol. The van der Waals surface area contributed by atoms with E-state index >= 15 is 0 Å². The molecule has 2 N–H and O–H groups in total. The summed E-state index contributed by atoms with van der Waals surface area (Å²) in [5.74, 6) is 0. The van der Waals surface area contributed by atoms with E-state index in [1.807, 2.05) is 41.5 Å². The lowest BCUT2D eigenvalue weighted by molar-refractivity contribution is 0.0701. The van der Waals surface area contributed by atoms with Crippen molar-refractivity contribution >= 4 is 34.9 Å². The van der Waals surface area contributed by atoms with Crippen LogP contribution >= 0.6 is 12.2 Å². The van der Waals surface area contributed by atoms with Crippen molar-refractivity contribution in [2.24, 2.45) is 0 Å². The van der Waals surface area contributed by atoms with E-state index in [0.717, 1.165) is 38.0 Å². The molecule has 0 aliphatic rings. The van der Waals surface area contributed by atoms with Crippen LogP contribution in [0.5, 0.6) is 0 Å². The van der Waals surface area contributed by atoms with E-state index in [2.05, 4.69) is 10.6 Å². The van der Waals surface area contributed by atoms with E-state index in [0.29, 0.717) is 44.8 Å². The van der Waals surface area contributed by atoms with Gasteiger partial charge in [-0.25, -0.2) is 0 Å². The van der Waals surface area contributed by atoms with E-state index in [1.165, 1.54) is 0 Å². The zero-order chi connectivity index (χ0) is 22.7. The molecular formula is C19H44N2O6SSi2. The molecular weight excluding hydrogens is 440 g/mol. The smallest absolute Gasteiger partial charge is 0.374 e. The fourth-order valence-corrected chi connectivity index (χ4v) is 8.51. The molecule has 0 fully saturated rings. The number of hydrogen-bond donors (Lipinski definition) is 2. The summed E-state index contributed by atoms with van der Waals surface area (Å²) in [6, 6.07) is 1.53. The van der Waals surface area contributed by atoms with Crippen LogP contribution in [0.25, 0.3) is 0 Å². The van der Waals surface area contributed by atoms with Crippen molar-refractivity contribution in [3.05, 3.63) is 0 Å². The molecule has 0 bridgehead atoms. The van der Waals surface area contributed by atoms with E-state index in [4.69, 9.17) is 38.8 Å². The Kier molecular flexibility index (Phi) is 18.4. The van der Waals surface area contributed by atoms with Crippen LogP contribution in [0.1, 0.15) is 54.4 Å². The first-order valence-corrected chi connectivity index (χ1v) is 15.6. The van der Waals surface area contributed by atoms with Gasteiger partial charge in [-0.05, 0) is 66.6 Å². The average molecular weight is 485 g/mol. The highest BCUT2D eigenvalue weighted by Gasteiger charge is 2.40. The van der Waals surface area contributed by atoms with Crippen LogP contribution in [-0.2, 0) is 26.6 Å². The predicted molar refractivity (Wildman–Crippen MR) is 129 cm³/mol. The third kappa shape index (κ3) is 12.7. The largest absolute Gasteiger partial charge is 0.500 e. The van der Waals surface area contributed by atoms with Gasteiger partial charge in [0, 0.05) is 64.8 Å². The van der Waals surface area contributed by atoms with Gasteiger partial charge >= 0.3 is 17.6 Å². The van der Waals surface area contributed by atoms with Crippen molar-refractivity contribution in [2.45, 2.75) is 66.5 Å². The minimum Gasteiger partial charge on any atom is -0.374 e. The Morgan fingerprint density at radius 1 is 0.567 bits per heavy atom. The van der Waals surface area contributed by atoms with E-state index in [-0.39, 0.29) is 0 Å². The molecule has 0 unspecified atom stereocenters. The molecule has 0 aliphatic heterocycles. The molecule has 0 spiro atoms. The SMILES string of the molecule is CCO[Si](CCCNC(=S)NCCC[Si](OCC)(OCC)OCC)(OCC)OCC. The molecule has 0 aromatic carbocycles. The fourth-order valence-electron chi connectivity index (χ4n) is 3.08. The lowest BCUT2D eigenvalue weighted by Gasteiger charge is -2.28. The summed E-state index contributed by atoms with van der Waals surface area (Å²) in [5.41, 5.74) is 0. The van der Waals surface area contributed by atoms with Gasteiger partial charge in [0.2, 0.25) is 0 Å². The summed E-state index contributed by atoms with van der Waals surface area (Å²) in [6.07, 6.45) is 1.73. The van der Waals surface area contributed by atoms with E-state index in [1.54, 1.807) is 0 Å². The Morgan fingerprint density at radius 2 is 0.833 bits per heavy atom. The van der Waals surface area contributed by atoms with Crippen molar-refractivity contribution in [3.63, 3.8) is 0 Å². The molecule has 180 valence electrons. The minimum atomic E-state index is -2.58. The first-order valence-electron chi connectivity index (χ1n) is 11.3. The standard InChI is InChI=1S/C19H44N2O6SSi2/c1-7-22-29(23-8-2,24-9-3)17-13-15-20-19(28)21-16-14-18-30(25-10-4,26-11-5)27-12-6/h7-18H2,1-6H3,(H2,20,21,28).